The number of aromatic nitrogens is 2. The number of halogens is 1. The van der Waals surface area contributed by atoms with E-state index in [0.717, 1.165) is 36.8 Å². The molecule has 1 fully saturated rings. The summed E-state index contributed by atoms with van der Waals surface area (Å²) in [5.74, 6) is 0.717. The summed E-state index contributed by atoms with van der Waals surface area (Å²) < 4.78 is 15.7. The van der Waals surface area contributed by atoms with Gasteiger partial charge in [0.15, 0.2) is 0 Å². The molecule has 0 bridgehead atoms. The van der Waals surface area contributed by atoms with E-state index < -0.39 is 12.2 Å². The molecule has 1 amide bonds. The third-order valence-corrected chi connectivity index (χ3v) is 8.30. The van der Waals surface area contributed by atoms with Crippen LogP contribution in [-0.4, -0.2) is 55.9 Å². The van der Waals surface area contributed by atoms with Gasteiger partial charge < -0.3 is 20.1 Å². The first-order chi connectivity index (χ1) is 20.1. The van der Waals surface area contributed by atoms with Gasteiger partial charge in [-0.15, -0.1) is 0 Å². The Morgan fingerprint density at radius 1 is 1.07 bits per heavy atom. The van der Waals surface area contributed by atoms with Crippen LogP contribution in [0.2, 0.25) is 0 Å². The molecule has 1 saturated heterocycles. The number of carbonyl (C=O) groups excluding carboxylic acids is 1. The molecule has 228 valence electrons. The van der Waals surface area contributed by atoms with Crippen molar-refractivity contribution in [2.75, 3.05) is 13.1 Å². The van der Waals surface area contributed by atoms with Crippen molar-refractivity contribution in [2.45, 2.75) is 97.6 Å². The van der Waals surface area contributed by atoms with Crippen molar-refractivity contribution in [1.82, 2.24) is 19.8 Å². The molecule has 8 heteroatoms. The van der Waals surface area contributed by atoms with Crippen LogP contribution in [0.5, 0.6) is 0 Å². The minimum absolute atomic E-state index is 0.0265. The summed E-state index contributed by atoms with van der Waals surface area (Å²) in [4.78, 5) is 20.9. The molecule has 4 rings (SSSR count). The predicted molar refractivity (Wildman–Crippen MR) is 165 cm³/mol. The van der Waals surface area contributed by atoms with Gasteiger partial charge in [-0.05, 0) is 92.4 Å². The van der Waals surface area contributed by atoms with Crippen molar-refractivity contribution in [3.63, 3.8) is 0 Å². The van der Waals surface area contributed by atoms with Crippen molar-refractivity contribution in [1.29, 1.82) is 0 Å². The van der Waals surface area contributed by atoms with Gasteiger partial charge in [-0.25, -0.2) is 9.37 Å². The Labute approximate surface area is 249 Å². The zero-order valence-electron chi connectivity index (χ0n) is 25.5. The number of nitrogens with one attached hydrogen (secondary N) is 1. The van der Waals surface area contributed by atoms with Gasteiger partial charge in [-0.1, -0.05) is 52.0 Å². The maximum Gasteiger partial charge on any atom is 0.272 e. The van der Waals surface area contributed by atoms with E-state index >= 15 is 0 Å². The van der Waals surface area contributed by atoms with E-state index in [2.05, 4.69) is 29.3 Å². The van der Waals surface area contributed by atoms with E-state index in [1.54, 1.807) is 12.1 Å². The minimum Gasteiger partial charge on any atom is -0.393 e. The molecular formula is C34H47FN4O3. The van der Waals surface area contributed by atoms with Crippen molar-refractivity contribution >= 4 is 5.91 Å². The normalized spacial score (nSPS) is 16.1. The van der Waals surface area contributed by atoms with Crippen LogP contribution in [0.15, 0.2) is 48.5 Å². The predicted octanol–water partition coefficient (Wildman–Crippen LogP) is 5.89. The number of likely N-dealkylation sites (tertiary alicyclic amines) is 1. The van der Waals surface area contributed by atoms with Gasteiger partial charge in [0, 0.05) is 25.2 Å². The Balaban J connectivity index is 1.53. The van der Waals surface area contributed by atoms with Crippen LogP contribution >= 0.6 is 0 Å². The Bertz CT molecular complexity index is 1300. The lowest BCUT2D eigenvalue weighted by Crippen LogP contribution is -2.32. The highest BCUT2D eigenvalue weighted by molar-refractivity contribution is 5.94. The molecular weight excluding hydrogens is 531 g/mol. The molecule has 1 aliphatic heterocycles. The van der Waals surface area contributed by atoms with E-state index in [9.17, 15) is 19.4 Å². The molecule has 1 aromatic heterocycles. The topological polar surface area (TPSA) is 90.6 Å². The fourth-order valence-electron chi connectivity index (χ4n) is 5.72. The first-order valence-electron chi connectivity index (χ1n) is 15.4. The summed E-state index contributed by atoms with van der Waals surface area (Å²) in [6.45, 7) is 12.2. The molecule has 2 atom stereocenters. The molecule has 2 heterocycles. The Morgan fingerprint density at radius 3 is 2.43 bits per heavy atom. The zero-order chi connectivity index (χ0) is 30.2. The van der Waals surface area contributed by atoms with Crippen molar-refractivity contribution < 1.29 is 19.4 Å². The van der Waals surface area contributed by atoms with Gasteiger partial charge in [-0.2, -0.15) is 0 Å². The van der Waals surface area contributed by atoms with Crippen LogP contribution in [0.3, 0.4) is 0 Å². The summed E-state index contributed by atoms with van der Waals surface area (Å²) in [7, 11) is 0. The van der Waals surface area contributed by atoms with Gasteiger partial charge in [0.1, 0.15) is 17.3 Å². The quantitative estimate of drug-likeness (QED) is 0.235. The molecule has 0 radical (unpaired) electrons. The Hall–Kier alpha value is -3.07. The van der Waals surface area contributed by atoms with Gasteiger partial charge in [0.05, 0.1) is 17.9 Å². The average Bonchev–Trinajstić information content (AvgIpc) is 3.36. The van der Waals surface area contributed by atoms with Gasteiger partial charge in [0.25, 0.3) is 5.91 Å². The molecule has 7 nitrogen and oxygen atoms in total. The van der Waals surface area contributed by atoms with Gasteiger partial charge in [-0.3, -0.25) is 9.69 Å². The molecule has 42 heavy (non-hydrogen) atoms. The number of amides is 1. The second-order valence-corrected chi connectivity index (χ2v) is 12.2. The van der Waals surface area contributed by atoms with Crippen LogP contribution in [-0.2, 0) is 19.6 Å². The van der Waals surface area contributed by atoms with E-state index in [4.69, 9.17) is 4.98 Å². The molecule has 2 aromatic carbocycles. The SMILES string of the molecule is CCC(O)CC(O)CCn1c(-c2ccc(F)cc2)nc(C(=O)NCc2cccc(CN3CCC(C)CC3)c2)c1C(C)C. The number of imidazole rings is 1. The van der Waals surface area contributed by atoms with Gasteiger partial charge >= 0.3 is 0 Å². The van der Waals surface area contributed by atoms with Crippen LogP contribution in [0.1, 0.15) is 93.0 Å². The number of carbonyl (C=O) groups is 1. The fourth-order valence-corrected chi connectivity index (χ4v) is 5.72. The number of rotatable bonds is 13. The lowest BCUT2D eigenvalue weighted by Gasteiger charge is -2.30. The number of hydrogen-bond donors (Lipinski definition) is 3. The third kappa shape index (κ3) is 8.49. The highest BCUT2D eigenvalue weighted by atomic mass is 19.1. The maximum absolute atomic E-state index is 13.7. The second-order valence-electron chi connectivity index (χ2n) is 12.2. The fraction of sp³-hybridized carbons (Fsp3) is 0.529. The molecule has 0 spiro atoms. The molecule has 0 aliphatic carbocycles. The van der Waals surface area contributed by atoms with Crippen LogP contribution in [0.4, 0.5) is 4.39 Å². The van der Waals surface area contributed by atoms with Gasteiger partial charge in [0.2, 0.25) is 0 Å². The number of aliphatic hydroxyl groups is 2. The number of hydrogen-bond acceptors (Lipinski definition) is 5. The summed E-state index contributed by atoms with van der Waals surface area (Å²) in [6.07, 6.45) is 2.47. The summed E-state index contributed by atoms with van der Waals surface area (Å²) >= 11 is 0. The molecule has 0 saturated carbocycles. The summed E-state index contributed by atoms with van der Waals surface area (Å²) in [5.41, 5.74) is 4.08. The first kappa shape index (κ1) is 31.9. The van der Waals surface area contributed by atoms with Crippen LogP contribution in [0.25, 0.3) is 11.4 Å². The molecule has 3 aromatic rings. The average molecular weight is 579 g/mol. The van der Waals surface area contributed by atoms with E-state index in [1.165, 1.54) is 30.5 Å². The van der Waals surface area contributed by atoms with Crippen LogP contribution in [0, 0.1) is 11.7 Å². The molecule has 3 N–H and O–H groups in total. The largest absolute Gasteiger partial charge is 0.393 e. The second kappa shape index (κ2) is 14.9. The van der Waals surface area contributed by atoms with Crippen molar-refractivity contribution in [3.05, 3.63) is 76.9 Å². The summed E-state index contributed by atoms with van der Waals surface area (Å²) in [6, 6.07) is 14.5. The standard InChI is InChI=1S/C34H47FN4O3/c1-5-29(40)20-30(41)15-18-39-32(23(2)3)31(37-33(39)27-9-11-28(35)12-10-27)34(42)36-21-25-7-6-8-26(19-25)22-38-16-13-24(4)14-17-38/h6-12,19,23-24,29-30,40-41H,5,13-18,20-22H2,1-4H3,(H,36,42). The Kier molecular flexibility index (Phi) is 11.3. The van der Waals surface area contributed by atoms with Crippen LogP contribution < -0.4 is 5.32 Å². The third-order valence-electron chi connectivity index (χ3n) is 8.30. The van der Waals surface area contributed by atoms with Crippen molar-refractivity contribution in [3.8, 4) is 11.4 Å². The molecule has 1 aliphatic rings. The first-order valence-corrected chi connectivity index (χ1v) is 15.4. The van der Waals surface area contributed by atoms with E-state index in [1.807, 2.05) is 37.5 Å². The highest BCUT2D eigenvalue weighted by Crippen LogP contribution is 2.29. The maximum atomic E-state index is 13.7. The minimum atomic E-state index is -0.693. The monoisotopic (exact) mass is 578 g/mol. The number of nitrogens with zero attached hydrogens (tertiary/aromatic N) is 3. The highest BCUT2D eigenvalue weighted by Gasteiger charge is 2.26. The van der Waals surface area contributed by atoms with Crippen molar-refractivity contribution in [2.24, 2.45) is 5.92 Å². The number of aliphatic hydroxyl groups excluding tert-OH is 2. The lowest BCUT2D eigenvalue weighted by atomic mass is 9.98. The lowest BCUT2D eigenvalue weighted by molar-refractivity contribution is 0.0711. The number of benzene rings is 2. The Morgan fingerprint density at radius 2 is 1.76 bits per heavy atom. The number of piperidine rings is 1. The zero-order valence-corrected chi connectivity index (χ0v) is 25.5. The smallest absolute Gasteiger partial charge is 0.272 e. The van der Waals surface area contributed by atoms with E-state index in [0.29, 0.717) is 43.0 Å². The molecule has 2 unspecified atom stereocenters. The van der Waals surface area contributed by atoms with E-state index in [-0.39, 0.29) is 24.1 Å². The summed E-state index contributed by atoms with van der Waals surface area (Å²) in [5, 5.41) is 23.6.